The number of aromatic nitrogens is 1. The van der Waals surface area contributed by atoms with Gasteiger partial charge in [0.15, 0.2) is 0 Å². The van der Waals surface area contributed by atoms with Gasteiger partial charge in [0.2, 0.25) is 10.0 Å². The zero-order chi connectivity index (χ0) is 21.4. The molecule has 3 rings (SSSR count). The van der Waals surface area contributed by atoms with Crippen LogP contribution in [0.5, 0.6) is 5.75 Å². The molecule has 8 heteroatoms. The minimum atomic E-state index is -3.76. The van der Waals surface area contributed by atoms with Gasteiger partial charge in [-0.1, -0.05) is 48.5 Å². The minimum Gasteiger partial charge on any atom is -0.495 e. The lowest BCUT2D eigenvalue weighted by molar-refractivity contribution is 0.0953. The third kappa shape index (κ3) is 6.05. The zero-order valence-electron chi connectivity index (χ0n) is 16.5. The van der Waals surface area contributed by atoms with Crippen molar-refractivity contribution in [3.05, 3.63) is 89.7 Å². The van der Waals surface area contributed by atoms with Crippen LogP contribution >= 0.6 is 0 Å². The molecule has 0 saturated heterocycles. The maximum atomic E-state index is 12.6. The number of pyridine rings is 1. The summed E-state index contributed by atoms with van der Waals surface area (Å²) in [4.78, 5) is 16.6. The van der Waals surface area contributed by atoms with Crippen LogP contribution in [0.25, 0.3) is 0 Å². The first-order valence-corrected chi connectivity index (χ1v) is 11.0. The van der Waals surface area contributed by atoms with Crippen molar-refractivity contribution in [2.75, 3.05) is 18.4 Å². The molecule has 2 aromatic carbocycles. The number of hydrogen-bond acceptors (Lipinski definition) is 5. The van der Waals surface area contributed by atoms with E-state index in [0.29, 0.717) is 35.5 Å². The summed E-state index contributed by atoms with van der Waals surface area (Å²) in [5.74, 6) is -0.208. The Hall–Kier alpha value is -3.39. The molecule has 1 aromatic heterocycles. The monoisotopic (exact) mass is 425 g/mol. The van der Waals surface area contributed by atoms with Gasteiger partial charge in [0.1, 0.15) is 5.75 Å². The van der Waals surface area contributed by atoms with Crippen molar-refractivity contribution < 1.29 is 17.9 Å². The molecule has 0 bridgehead atoms. The summed E-state index contributed by atoms with van der Waals surface area (Å²) in [5.41, 5.74) is 2.15. The van der Waals surface area contributed by atoms with Crippen LogP contribution in [-0.4, -0.2) is 33.0 Å². The van der Waals surface area contributed by atoms with Gasteiger partial charge < -0.3 is 10.1 Å². The number of nitrogens with zero attached hydrogens (tertiary/aromatic N) is 1. The molecule has 0 unspecified atom stereocenters. The molecular weight excluding hydrogens is 402 g/mol. The number of ether oxygens (including phenoxy) is 1. The molecule has 1 amide bonds. The Kier molecular flexibility index (Phi) is 7.03. The summed E-state index contributed by atoms with van der Waals surface area (Å²) in [5, 5.41) is 2.86. The molecule has 0 saturated carbocycles. The number of methoxy groups -OCH3 is 1. The van der Waals surface area contributed by atoms with Crippen LogP contribution in [0.2, 0.25) is 0 Å². The lowest BCUT2D eigenvalue weighted by Gasteiger charge is -2.12. The molecule has 30 heavy (non-hydrogen) atoms. The van der Waals surface area contributed by atoms with Gasteiger partial charge >= 0.3 is 0 Å². The second-order valence-electron chi connectivity index (χ2n) is 6.62. The van der Waals surface area contributed by atoms with Gasteiger partial charge in [-0.2, -0.15) is 0 Å². The molecule has 0 aliphatic heterocycles. The maximum Gasteiger partial charge on any atom is 0.251 e. The van der Waals surface area contributed by atoms with Crippen LogP contribution in [0.15, 0.2) is 73.1 Å². The highest BCUT2D eigenvalue weighted by Gasteiger charge is 2.18. The highest BCUT2D eigenvalue weighted by Crippen LogP contribution is 2.19. The van der Waals surface area contributed by atoms with Crippen molar-refractivity contribution in [1.82, 2.24) is 10.3 Å². The van der Waals surface area contributed by atoms with Crippen LogP contribution in [0.1, 0.15) is 21.5 Å². The second kappa shape index (κ2) is 9.89. The first-order chi connectivity index (χ1) is 14.5. The SMILES string of the molecule is COc1cncc(NS(=O)(=O)Cc2ccccc2C(=O)NCCc2ccccc2)c1. The predicted molar refractivity (Wildman–Crippen MR) is 116 cm³/mol. The average molecular weight is 426 g/mol. The molecule has 0 fully saturated rings. The Bertz CT molecular complexity index is 1100. The van der Waals surface area contributed by atoms with Crippen molar-refractivity contribution in [2.24, 2.45) is 0 Å². The van der Waals surface area contributed by atoms with Crippen molar-refractivity contribution in [2.45, 2.75) is 12.2 Å². The van der Waals surface area contributed by atoms with Gasteiger partial charge in [0.05, 0.1) is 30.9 Å². The number of sulfonamides is 1. The smallest absolute Gasteiger partial charge is 0.251 e. The van der Waals surface area contributed by atoms with Crippen molar-refractivity contribution in [3.63, 3.8) is 0 Å². The van der Waals surface area contributed by atoms with E-state index in [0.717, 1.165) is 5.56 Å². The molecule has 2 N–H and O–H groups in total. The average Bonchev–Trinajstić information content (AvgIpc) is 2.74. The quantitative estimate of drug-likeness (QED) is 0.549. The van der Waals surface area contributed by atoms with E-state index in [-0.39, 0.29) is 11.7 Å². The van der Waals surface area contributed by atoms with E-state index >= 15 is 0 Å². The van der Waals surface area contributed by atoms with E-state index in [2.05, 4.69) is 15.0 Å². The number of rotatable bonds is 9. The van der Waals surface area contributed by atoms with Crippen LogP contribution in [0, 0.1) is 0 Å². The topological polar surface area (TPSA) is 97.4 Å². The van der Waals surface area contributed by atoms with Gasteiger partial charge in [-0.05, 0) is 23.6 Å². The lowest BCUT2D eigenvalue weighted by atomic mass is 10.1. The molecule has 0 atom stereocenters. The predicted octanol–water partition coefficient (Wildman–Crippen LogP) is 3.00. The molecule has 0 spiro atoms. The fourth-order valence-electron chi connectivity index (χ4n) is 2.93. The van der Waals surface area contributed by atoms with Gasteiger partial charge in [0, 0.05) is 18.2 Å². The molecule has 0 aliphatic rings. The highest BCUT2D eigenvalue weighted by atomic mass is 32.2. The Morgan fingerprint density at radius 1 is 1.03 bits per heavy atom. The van der Waals surface area contributed by atoms with E-state index in [1.165, 1.54) is 25.6 Å². The van der Waals surface area contributed by atoms with Gasteiger partial charge in [-0.15, -0.1) is 0 Å². The van der Waals surface area contributed by atoms with E-state index in [1.807, 2.05) is 30.3 Å². The van der Waals surface area contributed by atoms with Crippen molar-refractivity contribution in [1.29, 1.82) is 0 Å². The summed E-state index contributed by atoms with van der Waals surface area (Å²) in [6.45, 7) is 0.456. The van der Waals surface area contributed by atoms with Gasteiger partial charge in [-0.3, -0.25) is 14.5 Å². The highest BCUT2D eigenvalue weighted by molar-refractivity contribution is 7.91. The number of nitrogens with one attached hydrogen (secondary N) is 2. The van der Waals surface area contributed by atoms with Gasteiger partial charge in [0.25, 0.3) is 5.91 Å². The zero-order valence-corrected chi connectivity index (χ0v) is 17.4. The Labute approximate surface area is 176 Å². The Morgan fingerprint density at radius 2 is 1.77 bits per heavy atom. The number of hydrogen-bond donors (Lipinski definition) is 2. The standard InChI is InChI=1S/C22H23N3O4S/c1-29-20-13-19(14-23-15-20)25-30(27,28)16-18-9-5-6-10-21(18)22(26)24-12-11-17-7-3-2-4-8-17/h2-10,13-15,25H,11-12,16H2,1H3,(H,24,26). The molecule has 0 radical (unpaired) electrons. The summed E-state index contributed by atoms with van der Waals surface area (Å²) in [7, 11) is -2.28. The summed E-state index contributed by atoms with van der Waals surface area (Å²) in [6, 6.07) is 18.0. The molecular formula is C22H23N3O4S. The van der Waals surface area contributed by atoms with Crippen LogP contribution < -0.4 is 14.8 Å². The Balaban J connectivity index is 1.67. The fourth-order valence-corrected chi connectivity index (χ4v) is 4.14. The van der Waals surface area contributed by atoms with Gasteiger partial charge in [-0.25, -0.2) is 8.42 Å². The third-order valence-electron chi connectivity index (χ3n) is 4.37. The molecule has 3 aromatic rings. The number of carbonyl (C=O) groups is 1. The first-order valence-electron chi connectivity index (χ1n) is 9.36. The van der Waals surface area contributed by atoms with Crippen LogP contribution in [0.3, 0.4) is 0 Å². The largest absolute Gasteiger partial charge is 0.495 e. The van der Waals surface area contributed by atoms with E-state index < -0.39 is 10.0 Å². The number of benzene rings is 2. The number of carbonyl (C=O) groups excluding carboxylic acids is 1. The van der Waals surface area contributed by atoms with E-state index in [4.69, 9.17) is 4.74 Å². The lowest BCUT2D eigenvalue weighted by Crippen LogP contribution is -2.27. The summed E-state index contributed by atoms with van der Waals surface area (Å²) < 4.78 is 32.8. The van der Waals surface area contributed by atoms with Crippen molar-refractivity contribution >= 4 is 21.6 Å². The number of anilines is 1. The summed E-state index contributed by atoms with van der Waals surface area (Å²) >= 11 is 0. The molecule has 1 heterocycles. The van der Waals surface area contributed by atoms with Crippen LogP contribution in [-0.2, 0) is 22.2 Å². The van der Waals surface area contributed by atoms with Crippen molar-refractivity contribution in [3.8, 4) is 5.75 Å². The Morgan fingerprint density at radius 3 is 2.53 bits per heavy atom. The summed E-state index contributed by atoms with van der Waals surface area (Å²) in [6.07, 6.45) is 3.56. The molecule has 0 aliphatic carbocycles. The normalized spacial score (nSPS) is 11.0. The minimum absolute atomic E-state index is 0.291. The van der Waals surface area contributed by atoms with Crippen LogP contribution in [0.4, 0.5) is 5.69 Å². The molecule has 156 valence electrons. The van der Waals surface area contributed by atoms with E-state index in [9.17, 15) is 13.2 Å². The fraction of sp³-hybridized carbons (Fsp3) is 0.182. The third-order valence-corrected chi connectivity index (χ3v) is 5.61. The maximum absolute atomic E-state index is 12.6. The van der Waals surface area contributed by atoms with E-state index in [1.54, 1.807) is 24.3 Å². The number of amides is 1. The molecule has 7 nitrogen and oxygen atoms in total. The first kappa shape index (κ1) is 21.3. The second-order valence-corrected chi connectivity index (χ2v) is 8.35.